The van der Waals surface area contributed by atoms with Crippen LogP contribution in [0.25, 0.3) is 0 Å². The van der Waals surface area contributed by atoms with E-state index in [9.17, 15) is 9.59 Å². The molecule has 0 aromatic heterocycles. The number of cyclic esters (lactones) is 1. The maximum atomic E-state index is 11.5. The molecule has 1 aliphatic carbocycles. The molecule has 2 rings (SSSR count). The van der Waals surface area contributed by atoms with Gasteiger partial charge in [-0.3, -0.25) is 9.59 Å². The summed E-state index contributed by atoms with van der Waals surface area (Å²) < 4.78 is 9.58. The van der Waals surface area contributed by atoms with E-state index < -0.39 is 11.4 Å². The largest absolute Gasteiger partial charge is 0.468 e. The first-order valence-electron chi connectivity index (χ1n) is 4.47. The van der Waals surface area contributed by atoms with Crippen LogP contribution < -0.4 is 0 Å². The second-order valence-electron chi connectivity index (χ2n) is 3.65. The van der Waals surface area contributed by atoms with E-state index in [1.165, 1.54) is 7.11 Å². The average Bonchev–Trinajstić information content (AvgIpc) is 2.67. The monoisotopic (exact) mass is 184 g/mol. The Balaban J connectivity index is 2.35. The van der Waals surface area contributed by atoms with Crippen LogP contribution in [-0.2, 0) is 19.1 Å². The van der Waals surface area contributed by atoms with Crippen LogP contribution in [0.15, 0.2) is 0 Å². The SMILES string of the molecule is COC(=O)C12CCCC1COC2=O. The van der Waals surface area contributed by atoms with Crippen molar-refractivity contribution in [1.29, 1.82) is 0 Å². The van der Waals surface area contributed by atoms with Gasteiger partial charge in [-0.05, 0) is 12.8 Å². The van der Waals surface area contributed by atoms with E-state index in [1.54, 1.807) is 0 Å². The number of carbonyl (C=O) groups is 2. The maximum absolute atomic E-state index is 11.5. The molecule has 2 fully saturated rings. The Kier molecular flexibility index (Phi) is 1.78. The standard InChI is InChI=1S/C9H12O4/c1-12-7(10)9-4-2-3-6(9)5-13-8(9)11/h6H,2-5H2,1H3. The summed E-state index contributed by atoms with van der Waals surface area (Å²) in [6, 6.07) is 0. The van der Waals surface area contributed by atoms with Gasteiger partial charge in [0.2, 0.25) is 0 Å². The van der Waals surface area contributed by atoms with Crippen molar-refractivity contribution in [3.8, 4) is 0 Å². The van der Waals surface area contributed by atoms with Crippen LogP contribution in [0.2, 0.25) is 0 Å². The van der Waals surface area contributed by atoms with Gasteiger partial charge in [-0.25, -0.2) is 0 Å². The van der Waals surface area contributed by atoms with Gasteiger partial charge in [-0.15, -0.1) is 0 Å². The molecule has 72 valence electrons. The maximum Gasteiger partial charge on any atom is 0.323 e. The van der Waals surface area contributed by atoms with Crippen LogP contribution in [-0.4, -0.2) is 25.7 Å². The van der Waals surface area contributed by atoms with Gasteiger partial charge in [0.05, 0.1) is 13.7 Å². The molecule has 0 bridgehead atoms. The highest BCUT2D eigenvalue weighted by atomic mass is 16.6. The number of fused-ring (bicyclic) bond motifs is 1. The third-order valence-electron chi connectivity index (χ3n) is 3.15. The molecule has 1 heterocycles. The zero-order valence-electron chi connectivity index (χ0n) is 7.54. The number of ether oxygens (including phenoxy) is 2. The molecular weight excluding hydrogens is 172 g/mol. The van der Waals surface area contributed by atoms with E-state index in [4.69, 9.17) is 4.74 Å². The molecular formula is C9H12O4. The van der Waals surface area contributed by atoms with Gasteiger partial charge in [0.25, 0.3) is 0 Å². The minimum absolute atomic E-state index is 0.0486. The van der Waals surface area contributed by atoms with E-state index in [2.05, 4.69) is 4.74 Å². The summed E-state index contributed by atoms with van der Waals surface area (Å²) in [7, 11) is 1.32. The van der Waals surface area contributed by atoms with E-state index in [0.717, 1.165) is 12.8 Å². The molecule has 0 aromatic rings. The normalized spacial score (nSPS) is 37.0. The quantitative estimate of drug-likeness (QED) is 0.440. The first kappa shape index (κ1) is 8.53. The summed E-state index contributed by atoms with van der Waals surface area (Å²) in [5.74, 6) is -0.758. The number of hydrogen-bond donors (Lipinski definition) is 0. The van der Waals surface area contributed by atoms with Crippen molar-refractivity contribution in [2.75, 3.05) is 13.7 Å². The molecule has 0 amide bonds. The first-order chi connectivity index (χ1) is 6.21. The average molecular weight is 184 g/mol. The third-order valence-corrected chi connectivity index (χ3v) is 3.15. The lowest BCUT2D eigenvalue weighted by molar-refractivity contribution is -0.163. The smallest absolute Gasteiger partial charge is 0.323 e. The number of esters is 2. The third kappa shape index (κ3) is 0.913. The molecule has 1 saturated carbocycles. The van der Waals surface area contributed by atoms with Crippen LogP contribution in [0.1, 0.15) is 19.3 Å². The van der Waals surface area contributed by atoms with Gasteiger partial charge in [-0.1, -0.05) is 6.42 Å². The lowest BCUT2D eigenvalue weighted by Gasteiger charge is -2.20. The van der Waals surface area contributed by atoms with Crippen LogP contribution in [0.5, 0.6) is 0 Å². The van der Waals surface area contributed by atoms with Crippen LogP contribution in [0, 0.1) is 11.3 Å². The molecule has 2 unspecified atom stereocenters. The van der Waals surface area contributed by atoms with Crippen molar-refractivity contribution in [3.05, 3.63) is 0 Å². The highest BCUT2D eigenvalue weighted by molar-refractivity contribution is 6.02. The van der Waals surface area contributed by atoms with Gasteiger partial charge in [-0.2, -0.15) is 0 Å². The molecule has 0 N–H and O–H groups in total. The van der Waals surface area contributed by atoms with Crippen LogP contribution >= 0.6 is 0 Å². The highest BCUT2D eigenvalue weighted by Gasteiger charge is 2.61. The fourth-order valence-corrected chi connectivity index (χ4v) is 2.41. The number of carbonyl (C=O) groups excluding carboxylic acids is 2. The molecule has 0 spiro atoms. The Morgan fingerprint density at radius 3 is 3.15 bits per heavy atom. The van der Waals surface area contributed by atoms with Crippen LogP contribution in [0.3, 0.4) is 0 Å². The van der Waals surface area contributed by atoms with E-state index in [1.807, 2.05) is 0 Å². The Hall–Kier alpha value is -1.06. The number of methoxy groups -OCH3 is 1. The van der Waals surface area contributed by atoms with Gasteiger partial charge in [0.1, 0.15) is 0 Å². The van der Waals surface area contributed by atoms with Gasteiger partial charge in [0.15, 0.2) is 5.41 Å². The predicted molar refractivity (Wildman–Crippen MR) is 42.7 cm³/mol. The molecule has 1 saturated heterocycles. The Morgan fingerprint density at radius 2 is 2.46 bits per heavy atom. The molecule has 2 aliphatic rings. The molecule has 4 nitrogen and oxygen atoms in total. The molecule has 0 aromatic carbocycles. The highest BCUT2D eigenvalue weighted by Crippen LogP contribution is 2.49. The van der Waals surface area contributed by atoms with Crippen molar-refractivity contribution in [2.24, 2.45) is 11.3 Å². The molecule has 13 heavy (non-hydrogen) atoms. The van der Waals surface area contributed by atoms with Crippen molar-refractivity contribution < 1.29 is 19.1 Å². The lowest BCUT2D eigenvalue weighted by Crippen LogP contribution is -2.38. The minimum atomic E-state index is -0.950. The lowest BCUT2D eigenvalue weighted by atomic mass is 9.80. The minimum Gasteiger partial charge on any atom is -0.468 e. The van der Waals surface area contributed by atoms with E-state index in [-0.39, 0.29) is 11.9 Å². The van der Waals surface area contributed by atoms with E-state index >= 15 is 0 Å². The van der Waals surface area contributed by atoms with Crippen molar-refractivity contribution in [1.82, 2.24) is 0 Å². The summed E-state index contributed by atoms with van der Waals surface area (Å²) in [6.45, 7) is 0.383. The summed E-state index contributed by atoms with van der Waals surface area (Å²) in [4.78, 5) is 23.0. The fraction of sp³-hybridized carbons (Fsp3) is 0.778. The zero-order valence-corrected chi connectivity index (χ0v) is 7.54. The molecule has 4 heteroatoms. The van der Waals surface area contributed by atoms with Gasteiger partial charge < -0.3 is 9.47 Å². The predicted octanol–water partition coefficient (Wildman–Crippen LogP) is 0.503. The first-order valence-corrected chi connectivity index (χ1v) is 4.47. The summed E-state index contributed by atoms with van der Waals surface area (Å²) in [6.07, 6.45) is 2.39. The van der Waals surface area contributed by atoms with Crippen molar-refractivity contribution in [3.63, 3.8) is 0 Å². The zero-order chi connectivity index (χ0) is 9.47. The van der Waals surface area contributed by atoms with Gasteiger partial charge in [0, 0.05) is 5.92 Å². The Bertz CT molecular complexity index is 260. The van der Waals surface area contributed by atoms with Crippen molar-refractivity contribution >= 4 is 11.9 Å². The van der Waals surface area contributed by atoms with Crippen LogP contribution in [0.4, 0.5) is 0 Å². The molecule has 0 radical (unpaired) electrons. The second-order valence-corrected chi connectivity index (χ2v) is 3.65. The molecule has 2 atom stereocenters. The Labute approximate surface area is 76.2 Å². The topological polar surface area (TPSA) is 52.6 Å². The summed E-state index contributed by atoms with van der Waals surface area (Å²) in [5.41, 5.74) is -0.950. The summed E-state index contributed by atoms with van der Waals surface area (Å²) >= 11 is 0. The number of rotatable bonds is 1. The number of hydrogen-bond acceptors (Lipinski definition) is 4. The van der Waals surface area contributed by atoms with Crippen molar-refractivity contribution in [2.45, 2.75) is 19.3 Å². The fourth-order valence-electron chi connectivity index (χ4n) is 2.41. The van der Waals surface area contributed by atoms with Gasteiger partial charge >= 0.3 is 11.9 Å². The second kappa shape index (κ2) is 2.72. The Morgan fingerprint density at radius 1 is 1.69 bits per heavy atom. The van der Waals surface area contributed by atoms with E-state index in [0.29, 0.717) is 13.0 Å². The molecule has 1 aliphatic heterocycles. The summed E-state index contributed by atoms with van der Waals surface area (Å²) in [5, 5.41) is 0.